The first-order valence-electron chi connectivity index (χ1n) is 8.33. The summed E-state index contributed by atoms with van der Waals surface area (Å²) in [6, 6.07) is 0.645. The summed E-state index contributed by atoms with van der Waals surface area (Å²) in [6.45, 7) is 10.1. The van der Waals surface area contributed by atoms with Gasteiger partial charge in [0, 0.05) is 38.1 Å². The van der Waals surface area contributed by atoms with Gasteiger partial charge in [-0.3, -0.25) is 9.69 Å². The normalized spacial score (nSPS) is 17.2. The van der Waals surface area contributed by atoms with Gasteiger partial charge >= 0.3 is 0 Å². The Balaban J connectivity index is 2.52. The molecule has 20 heavy (non-hydrogen) atoms. The fraction of sp³-hybridized carbons (Fsp3) is 0.938. The summed E-state index contributed by atoms with van der Waals surface area (Å²) in [6.07, 6.45) is 6.57. The molecule has 1 aliphatic heterocycles. The van der Waals surface area contributed by atoms with Gasteiger partial charge in [0.25, 0.3) is 0 Å². The fourth-order valence-electron chi connectivity index (χ4n) is 3.04. The van der Waals surface area contributed by atoms with Crippen molar-refractivity contribution in [3.63, 3.8) is 0 Å². The highest BCUT2D eigenvalue weighted by Crippen LogP contribution is 2.15. The molecule has 0 aromatic heterocycles. The Hall–Kier alpha value is -0.610. The minimum atomic E-state index is 0.194. The van der Waals surface area contributed by atoms with E-state index in [9.17, 15) is 4.79 Å². The fourth-order valence-corrected chi connectivity index (χ4v) is 3.04. The number of nitrogens with zero attached hydrogens (tertiary/aromatic N) is 2. The third-order valence-corrected chi connectivity index (χ3v) is 4.29. The Morgan fingerprint density at radius 1 is 1.25 bits per heavy atom. The molecule has 0 spiro atoms. The molecular weight excluding hydrogens is 250 g/mol. The minimum absolute atomic E-state index is 0.194. The number of likely N-dealkylation sites (tertiary alicyclic amines) is 1. The summed E-state index contributed by atoms with van der Waals surface area (Å²) in [7, 11) is 0. The van der Waals surface area contributed by atoms with E-state index < -0.39 is 0 Å². The number of carbonyl (C=O) groups is 1. The first-order valence-corrected chi connectivity index (χ1v) is 8.33. The van der Waals surface area contributed by atoms with Gasteiger partial charge < -0.3 is 10.6 Å². The largest absolute Gasteiger partial charge is 0.343 e. The predicted octanol–water partition coefficient (Wildman–Crippen LogP) is 2.23. The van der Waals surface area contributed by atoms with Gasteiger partial charge in [-0.1, -0.05) is 19.8 Å². The summed E-state index contributed by atoms with van der Waals surface area (Å²) in [5, 5.41) is 0. The maximum atomic E-state index is 12.3. The second kappa shape index (κ2) is 9.35. The van der Waals surface area contributed by atoms with Crippen LogP contribution in [0.3, 0.4) is 0 Å². The molecule has 2 N–H and O–H groups in total. The molecule has 1 rings (SSSR count). The number of carbonyl (C=O) groups excluding carboxylic acids is 1. The number of hydrogen-bond acceptors (Lipinski definition) is 3. The Morgan fingerprint density at radius 3 is 2.40 bits per heavy atom. The third kappa shape index (κ3) is 5.41. The van der Waals surface area contributed by atoms with Crippen molar-refractivity contribution in [2.24, 2.45) is 5.73 Å². The van der Waals surface area contributed by atoms with Gasteiger partial charge in [-0.15, -0.1) is 0 Å². The van der Waals surface area contributed by atoms with Crippen molar-refractivity contribution >= 4 is 5.91 Å². The molecule has 0 aromatic rings. The molecule has 0 bridgehead atoms. The molecule has 1 amide bonds. The molecule has 0 aliphatic carbocycles. The number of nitrogens with two attached hydrogens (primary N) is 1. The average molecular weight is 283 g/mol. The molecule has 1 unspecified atom stereocenters. The highest BCUT2D eigenvalue weighted by Gasteiger charge is 2.26. The Labute approximate surface area is 124 Å². The van der Waals surface area contributed by atoms with E-state index >= 15 is 0 Å². The van der Waals surface area contributed by atoms with Gasteiger partial charge in [0.05, 0.1) is 0 Å². The van der Waals surface area contributed by atoms with Crippen molar-refractivity contribution in [3.05, 3.63) is 0 Å². The van der Waals surface area contributed by atoms with Gasteiger partial charge in [-0.05, 0) is 39.7 Å². The first-order chi connectivity index (χ1) is 9.60. The van der Waals surface area contributed by atoms with Crippen LogP contribution < -0.4 is 5.73 Å². The van der Waals surface area contributed by atoms with Crippen molar-refractivity contribution in [2.75, 3.05) is 26.2 Å². The van der Waals surface area contributed by atoms with Crippen molar-refractivity contribution in [1.29, 1.82) is 0 Å². The van der Waals surface area contributed by atoms with Gasteiger partial charge in [0.2, 0.25) is 5.91 Å². The highest BCUT2D eigenvalue weighted by molar-refractivity contribution is 5.77. The van der Waals surface area contributed by atoms with E-state index in [0.717, 1.165) is 32.5 Å². The number of hydrogen-bond donors (Lipinski definition) is 1. The number of rotatable bonds is 9. The van der Waals surface area contributed by atoms with Crippen molar-refractivity contribution < 1.29 is 4.79 Å². The van der Waals surface area contributed by atoms with Gasteiger partial charge in [0.1, 0.15) is 0 Å². The summed E-state index contributed by atoms with van der Waals surface area (Å²) >= 11 is 0. The van der Waals surface area contributed by atoms with Crippen LogP contribution in [0.15, 0.2) is 0 Å². The van der Waals surface area contributed by atoms with Crippen LogP contribution in [-0.2, 0) is 4.79 Å². The first kappa shape index (κ1) is 17.4. The monoisotopic (exact) mass is 283 g/mol. The van der Waals surface area contributed by atoms with Crippen molar-refractivity contribution in [1.82, 2.24) is 9.80 Å². The molecule has 0 saturated carbocycles. The summed E-state index contributed by atoms with van der Waals surface area (Å²) in [5.41, 5.74) is 5.95. The van der Waals surface area contributed by atoms with Crippen LogP contribution in [0.4, 0.5) is 0 Å². The standard InChI is InChI=1S/C16H33N3O/c1-4-5-6-11-19(14(2)3)15(13-17)12-16(20)18-9-7-8-10-18/h14-15H,4-13,17H2,1-3H3. The molecule has 0 aromatic carbocycles. The van der Waals surface area contributed by atoms with Crippen molar-refractivity contribution in [3.8, 4) is 0 Å². The number of unbranched alkanes of at least 4 members (excludes halogenated alkanes) is 2. The lowest BCUT2D eigenvalue weighted by atomic mass is 10.1. The lowest BCUT2D eigenvalue weighted by Crippen LogP contribution is -2.48. The SMILES string of the molecule is CCCCCN(C(C)C)C(CN)CC(=O)N1CCCC1. The zero-order chi connectivity index (χ0) is 15.0. The van der Waals surface area contributed by atoms with Gasteiger partial charge in [0.15, 0.2) is 0 Å². The topological polar surface area (TPSA) is 49.6 Å². The predicted molar refractivity (Wildman–Crippen MR) is 84.6 cm³/mol. The van der Waals surface area contributed by atoms with Gasteiger partial charge in [-0.2, -0.15) is 0 Å². The molecule has 1 atom stereocenters. The van der Waals surface area contributed by atoms with E-state index in [-0.39, 0.29) is 6.04 Å². The van der Waals surface area contributed by atoms with E-state index in [2.05, 4.69) is 25.7 Å². The Bertz CT molecular complexity index is 275. The quantitative estimate of drug-likeness (QED) is 0.660. The van der Waals surface area contributed by atoms with Crippen LogP contribution in [0, 0.1) is 0 Å². The molecule has 4 heteroatoms. The summed E-state index contributed by atoms with van der Waals surface area (Å²) < 4.78 is 0. The molecule has 1 fully saturated rings. The third-order valence-electron chi connectivity index (χ3n) is 4.29. The lowest BCUT2D eigenvalue weighted by Gasteiger charge is -2.35. The van der Waals surface area contributed by atoms with E-state index in [1.165, 1.54) is 19.3 Å². The average Bonchev–Trinajstić information content (AvgIpc) is 2.95. The molecule has 1 aliphatic rings. The molecular formula is C16H33N3O. The summed E-state index contributed by atoms with van der Waals surface area (Å²) in [4.78, 5) is 16.7. The lowest BCUT2D eigenvalue weighted by molar-refractivity contribution is -0.131. The van der Waals surface area contributed by atoms with Gasteiger partial charge in [-0.25, -0.2) is 0 Å². The van der Waals surface area contributed by atoms with Crippen LogP contribution in [0.25, 0.3) is 0 Å². The van der Waals surface area contributed by atoms with E-state index in [1.807, 2.05) is 4.90 Å². The van der Waals surface area contributed by atoms with E-state index in [0.29, 0.717) is 24.9 Å². The Morgan fingerprint density at radius 2 is 1.90 bits per heavy atom. The van der Waals surface area contributed by atoms with Crippen LogP contribution in [0.5, 0.6) is 0 Å². The smallest absolute Gasteiger partial charge is 0.224 e. The highest BCUT2D eigenvalue weighted by atomic mass is 16.2. The minimum Gasteiger partial charge on any atom is -0.343 e. The second-order valence-corrected chi connectivity index (χ2v) is 6.22. The van der Waals surface area contributed by atoms with E-state index in [1.54, 1.807) is 0 Å². The summed E-state index contributed by atoms with van der Waals surface area (Å²) in [5.74, 6) is 0.291. The molecule has 1 saturated heterocycles. The molecule has 118 valence electrons. The zero-order valence-corrected chi connectivity index (χ0v) is 13.6. The van der Waals surface area contributed by atoms with Crippen LogP contribution in [0.2, 0.25) is 0 Å². The van der Waals surface area contributed by atoms with Crippen molar-refractivity contribution in [2.45, 2.75) is 71.4 Å². The van der Waals surface area contributed by atoms with Crippen LogP contribution >= 0.6 is 0 Å². The maximum Gasteiger partial charge on any atom is 0.224 e. The molecule has 1 heterocycles. The zero-order valence-electron chi connectivity index (χ0n) is 13.6. The van der Waals surface area contributed by atoms with Crippen LogP contribution in [0.1, 0.15) is 59.3 Å². The number of amides is 1. The van der Waals surface area contributed by atoms with Crippen LogP contribution in [-0.4, -0.2) is 54.0 Å². The maximum absolute atomic E-state index is 12.3. The Kier molecular flexibility index (Phi) is 8.15. The van der Waals surface area contributed by atoms with E-state index in [4.69, 9.17) is 5.73 Å². The molecule has 4 nitrogen and oxygen atoms in total. The molecule has 0 radical (unpaired) electrons. The second-order valence-electron chi connectivity index (χ2n) is 6.22.